The molecule has 0 unspecified atom stereocenters. The Morgan fingerprint density at radius 2 is 1.09 bits per heavy atom. The third-order valence-electron chi connectivity index (χ3n) is 6.57. The van der Waals surface area contributed by atoms with Crippen molar-refractivity contribution in [2.75, 3.05) is 0 Å². The fraction of sp³-hybridized carbons (Fsp3) is 0. The zero-order chi connectivity index (χ0) is 21.8. The Hall–Kier alpha value is -4.43. The van der Waals surface area contributed by atoms with E-state index in [-0.39, 0.29) is 0 Å². The summed E-state index contributed by atoms with van der Waals surface area (Å²) in [5, 5.41) is 6.11. The van der Waals surface area contributed by atoms with E-state index in [1.807, 2.05) is 0 Å². The van der Waals surface area contributed by atoms with Gasteiger partial charge in [0, 0.05) is 32.8 Å². The lowest BCUT2D eigenvalue weighted by Crippen LogP contribution is -1.93. The SMILES string of the molecule is c1ccc(-n2c3ccccc3c3cc(-c4nc5ccccc5c5ccccc45)ccc32)cc1. The van der Waals surface area contributed by atoms with Crippen LogP contribution in [0.25, 0.3) is 60.4 Å². The summed E-state index contributed by atoms with van der Waals surface area (Å²) in [6, 6.07) is 43.0. The van der Waals surface area contributed by atoms with Crippen molar-refractivity contribution in [3.05, 3.63) is 121 Å². The van der Waals surface area contributed by atoms with Gasteiger partial charge in [0.25, 0.3) is 0 Å². The van der Waals surface area contributed by atoms with Gasteiger partial charge in [-0.1, -0.05) is 84.9 Å². The van der Waals surface area contributed by atoms with Crippen molar-refractivity contribution >= 4 is 43.5 Å². The van der Waals surface area contributed by atoms with Gasteiger partial charge in [-0.2, -0.15) is 0 Å². The maximum Gasteiger partial charge on any atom is 0.0788 e. The number of benzene rings is 5. The maximum atomic E-state index is 5.12. The lowest BCUT2D eigenvalue weighted by atomic mass is 9.99. The van der Waals surface area contributed by atoms with E-state index in [1.165, 1.54) is 43.7 Å². The number of hydrogen-bond acceptors (Lipinski definition) is 1. The molecule has 0 bridgehead atoms. The highest BCUT2D eigenvalue weighted by Gasteiger charge is 2.15. The number of fused-ring (bicyclic) bond motifs is 6. The van der Waals surface area contributed by atoms with Gasteiger partial charge < -0.3 is 4.57 Å². The molecule has 2 heterocycles. The van der Waals surface area contributed by atoms with E-state index >= 15 is 0 Å². The molecule has 0 spiro atoms. The van der Waals surface area contributed by atoms with Gasteiger partial charge in [-0.25, -0.2) is 4.98 Å². The van der Waals surface area contributed by atoms with Crippen LogP contribution in [0.4, 0.5) is 0 Å². The monoisotopic (exact) mass is 420 g/mol. The largest absolute Gasteiger partial charge is 0.309 e. The summed E-state index contributed by atoms with van der Waals surface area (Å²) in [7, 11) is 0. The van der Waals surface area contributed by atoms with Crippen molar-refractivity contribution in [2.45, 2.75) is 0 Å². The summed E-state index contributed by atoms with van der Waals surface area (Å²) < 4.78 is 2.35. The highest BCUT2D eigenvalue weighted by atomic mass is 15.0. The van der Waals surface area contributed by atoms with Crippen molar-refractivity contribution in [3.8, 4) is 16.9 Å². The molecule has 5 aromatic carbocycles. The van der Waals surface area contributed by atoms with Crippen LogP contribution in [0.15, 0.2) is 121 Å². The van der Waals surface area contributed by atoms with Crippen molar-refractivity contribution in [3.63, 3.8) is 0 Å². The molecule has 0 saturated carbocycles. The fourth-order valence-corrected chi connectivity index (χ4v) is 5.10. The smallest absolute Gasteiger partial charge is 0.0788 e. The van der Waals surface area contributed by atoms with Crippen LogP contribution in [-0.4, -0.2) is 9.55 Å². The van der Waals surface area contributed by atoms with Crippen LogP contribution in [0, 0.1) is 0 Å². The number of para-hydroxylation sites is 3. The molecule has 0 aliphatic heterocycles. The van der Waals surface area contributed by atoms with E-state index in [0.29, 0.717) is 0 Å². The van der Waals surface area contributed by atoms with Crippen LogP contribution in [0.2, 0.25) is 0 Å². The average Bonchev–Trinajstić information content (AvgIpc) is 3.22. The first kappa shape index (κ1) is 18.2. The fourth-order valence-electron chi connectivity index (χ4n) is 5.10. The zero-order valence-electron chi connectivity index (χ0n) is 17.9. The summed E-state index contributed by atoms with van der Waals surface area (Å²) in [5.41, 5.74) is 6.79. The quantitative estimate of drug-likeness (QED) is 0.258. The lowest BCUT2D eigenvalue weighted by molar-refractivity contribution is 1.18. The molecule has 0 N–H and O–H groups in total. The maximum absolute atomic E-state index is 5.12. The van der Waals surface area contributed by atoms with Gasteiger partial charge in [0.15, 0.2) is 0 Å². The molecule has 154 valence electrons. The molecular weight excluding hydrogens is 400 g/mol. The average molecular weight is 421 g/mol. The topological polar surface area (TPSA) is 17.8 Å². The van der Waals surface area contributed by atoms with Gasteiger partial charge in [-0.05, 0) is 41.8 Å². The second-order valence-electron chi connectivity index (χ2n) is 8.44. The predicted molar refractivity (Wildman–Crippen MR) is 139 cm³/mol. The molecule has 2 nitrogen and oxygen atoms in total. The first-order valence-corrected chi connectivity index (χ1v) is 11.2. The number of pyridine rings is 1. The highest BCUT2D eigenvalue weighted by molar-refractivity contribution is 6.13. The molecule has 0 fully saturated rings. The Kier molecular flexibility index (Phi) is 3.88. The van der Waals surface area contributed by atoms with Crippen molar-refractivity contribution in [1.29, 1.82) is 0 Å². The number of hydrogen-bond donors (Lipinski definition) is 0. The van der Waals surface area contributed by atoms with E-state index in [0.717, 1.165) is 16.8 Å². The molecule has 0 aliphatic carbocycles. The van der Waals surface area contributed by atoms with Gasteiger partial charge in [-0.15, -0.1) is 0 Å². The second-order valence-corrected chi connectivity index (χ2v) is 8.44. The second kappa shape index (κ2) is 7.04. The predicted octanol–water partition coefficient (Wildman–Crippen LogP) is 8.15. The Balaban J connectivity index is 1.57. The standard InChI is InChI=1S/C31H20N2/c1-2-10-22(11-3-1)33-29-17-9-7-14-25(29)27-20-21(18-19-30(27)33)31-26-15-5-4-12-23(26)24-13-6-8-16-28(24)32-31/h1-20H. The van der Waals surface area contributed by atoms with Gasteiger partial charge in [0.1, 0.15) is 0 Å². The molecule has 0 amide bonds. The Morgan fingerprint density at radius 3 is 1.94 bits per heavy atom. The summed E-state index contributed by atoms with van der Waals surface area (Å²) >= 11 is 0. The third-order valence-corrected chi connectivity index (χ3v) is 6.57. The minimum absolute atomic E-state index is 1.03. The minimum Gasteiger partial charge on any atom is -0.309 e. The molecule has 7 aromatic rings. The van der Waals surface area contributed by atoms with Crippen LogP contribution < -0.4 is 0 Å². The molecule has 7 rings (SSSR count). The summed E-state index contributed by atoms with van der Waals surface area (Å²) in [4.78, 5) is 5.12. The number of rotatable bonds is 2. The Bertz CT molecular complexity index is 1810. The number of nitrogens with zero attached hydrogens (tertiary/aromatic N) is 2. The number of aromatic nitrogens is 2. The molecule has 2 heteroatoms. The zero-order valence-corrected chi connectivity index (χ0v) is 17.9. The van der Waals surface area contributed by atoms with Crippen LogP contribution >= 0.6 is 0 Å². The Morgan fingerprint density at radius 1 is 0.455 bits per heavy atom. The Labute approximate surface area is 191 Å². The van der Waals surface area contributed by atoms with Crippen molar-refractivity contribution < 1.29 is 0 Å². The van der Waals surface area contributed by atoms with Gasteiger partial charge in [0.05, 0.1) is 22.2 Å². The minimum atomic E-state index is 1.03. The van der Waals surface area contributed by atoms with Gasteiger partial charge in [0.2, 0.25) is 0 Å². The van der Waals surface area contributed by atoms with Crippen LogP contribution in [0.1, 0.15) is 0 Å². The highest BCUT2D eigenvalue weighted by Crippen LogP contribution is 2.37. The third kappa shape index (κ3) is 2.71. The van der Waals surface area contributed by atoms with Crippen molar-refractivity contribution in [2.24, 2.45) is 0 Å². The normalized spacial score (nSPS) is 11.6. The first-order chi connectivity index (χ1) is 16.4. The van der Waals surface area contributed by atoms with Crippen LogP contribution in [0.5, 0.6) is 0 Å². The van der Waals surface area contributed by atoms with Crippen LogP contribution in [-0.2, 0) is 0 Å². The van der Waals surface area contributed by atoms with Crippen LogP contribution in [0.3, 0.4) is 0 Å². The molecule has 0 radical (unpaired) electrons. The molecule has 0 saturated heterocycles. The molecule has 0 aliphatic rings. The van der Waals surface area contributed by atoms with Crippen molar-refractivity contribution in [1.82, 2.24) is 9.55 Å². The summed E-state index contributed by atoms with van der Waals surface area (Å²) in [5.74, 6) is 0. The van der Waals surface area contributed by atoms with E-state index in [2.05, 4.69) is 126 Å². The lowest BCUT2D eigenvalue weighted by Gasteiger charge is -2.11. The molecule has 33 heavy (non-hydrogen) atoms. The van der Waals surface area contributed by atoms with Gasteiger partial charge in [-0.3, -0.25) is 0 Å². The van der Waals surface area contributed by atoms with E-state index in [1.54, 1.807) is 0 Å². The molecular formula is C31H20N2. The summed E-state index contributed by atoms with van der Waals surface area (Å²) in [6.07, 6.45) is 0. The van der Waals surface area contributed by atoms with E-state index in [9.17, 15) is 0 Å². The molecule has 0 atom stereocenters. The van der Waals surface area contributed by atoms with E-state index < -0.39 is 0 Å². The summed E-state index contributed by atoms with van der Waals surface area (Å²) in [6.45, 7) is 0. The van der Waals surface area contributed by atoms with Gasteiger partial charge >= 0.3 is 0 Å². The molecule has 2 aromatic heterocycles. The van der Waals surface area contributed by atoms with E-state index in [4.69, 9.17) is 4.98 Å². The first-order valence-electron chi connectivity index (χ1n) is 11.2.